The van der Waals surface area contributed by atoms with Crippen LogP contribution in [0.25, 0.3) is 0 Å². The topological polar surface area (TPSA) is 3.24 Å². The lowest BCUT2D eigenvalue weighted by molar-refractivity contribution is 0.286. The molecular weight excluding hydrogens is 146 g/mol. The molecule has 0 aliphatic heterocycles. The van der Waals surface area contributed by atoms with Gasteiger partial charge < -0.3 is 4.90 Å². The molecule has 1 atom stereocenters. The van der Waals surface area contributed by atoms with E-state index in [-0.39, 0.29) is 0 Å². The quantitative estimate of drug-likeness (QED) is 0.594. The van der Waals surface area contributed by atoms with E-state index in [0.717, 1.165) is 11.8 Å². The minimum atomic E-state index is 0.852. The number of rotatable bonds is 6. The SMILES string of the molecule is CCC(CC)CC(C)CN(C)C. The summed E-state index contributed by atoms with van der Waals surface area (Å²) in [7, 11) is 4.31. The molecule has 1 heteroatoms. The van der Waals surface area contributed by atoms with E-state index in [0.29, 0.717) is 0 Å². The van der Waals surface area contributed by atoms with Crippen molar-refractivity contribution < 1.29 is 0 Å². The second-order valence-electron chi connectivity index (χ2n) is 4.29. The average Bonchev–Trinajstić information content (AvgIpc) is 1.98. The van der Waals surface area contributed by atoms with E-state index >= 15 is 0 Å². The maximum absolute atomic E-state index is 2.36. The molecule has 74 valence electrons. The van der Waals surface area contributed by atoms with Crippen LogP contribution in [0.15, 0.2) is 0 Å². The first kappa shape index (κ1) is 12.0. The zero-order chi connectivity index (χ0) is 9.56. The van der Waals surface area contributed by atoms with Gasteiger partial charge in [0.05, 0.1) is 0 Å². The predicted molar refractivity (Wildman–Crippen MR) is 56.4 cm³/mol. The second-order valence-corrected chi connectivity index (χ2v) is 4.29. The highest BCUT2D eigenvalue weighted by atomic mass is 15.1. The van der Waals surface area contributed by atoms with Gasteiger partial charge in [0.1, 0.15) is 0 Å². The molecule has 0 aliphatic rings. The van der Waals surface area contributed by atoms with Gasteiger partial charge >= 0.3 is 0 Å². The molecule has 0 aromatic rings. The lowest BCUT2D eigenvalue weighted by atomic mass is 9.91. The van der Waals surface area contributed by atoms with Crippen LogP contribution >= 0.6 is 0 Å². The summed E-state index contributed by atoms with van der Waals surface area (Å²) < 4.78 is 0. The lowest BCUT2D eigenvalue weighted by Crippen LogP contribution is -2.21. The van der Waals surface area contributed by atoms with E-state index in [1.807, 2.05) is 0 Å². The molecule has 0 aromatic carbocycles. The van der Waals surface area contributed by atoms with Gasteiger partial charge in [0.2, 0.25) is 0 Å². The van der Waals surface area contributed by atoms with E-state index < -0.39 is 0 Å². The molecule has 0 rings (SSSR count). The van der Waals surface area contributed by atoms with Crippen LogP contribution in [0, 0.1) is 11.8 Å². The Labute approximate surface area is 78.1 Å². The molecule has 0 fully saturated rings. The van der Waals surface area contributed by atoms with Crippen molar-refractivity contribution in [1.82, 2.24) is 4.90 Å². The number of hydrogen-bond acceptors (Lipinski definition) is 1. The molecule has 0 aliphatic carbocycles. The standard InChI is InChI=1S/C11H25N/c1-6-11(7-2)8-10(3)9-12(4)5/h10-11H,6-9H2,1-5H3. The molecule has 12 heavy (non-hydrogen) atoms. The highest BCUT2D eigenvalue weighted by molar-refractivity contribution is 4.62. The molecule has 0 saturated carbocycles. The van der Waals surface area contributed by atoms with Crippen LogP contribution in [-0.4, -0.2) is 25.5 Å². The van der Waals surface area contributed by atoms with Crippen molar-refractivity contribution in [2.45, 2.75) is 40.0 Å². The second kappa shape index (κ2) is 6.47. The van der Waals surface area contributed by atoms with E-state index in [1.54, 1.807) is 0 Å². The fourth-order valence-electron chi connectivity index (χ4n) is 1.89. The van der Waals surface area contributed by atoms with E-state index in [2.05, 4.69) is 39.8 Å². The zero-order valence-corrected chi connectivity index (χ0v) is 9.43. The van der Waals surface area contributed by atoms with Gasteiger partial charge in [-0.05, 0) is 32.4 Å². The molecule has 0 heterocycles. The highest BCUT2D eigenvalue weighted by Crippen LogP contribution is 2.18. The van der Waals surface area contributed by atoms with Crippen LogP contribution in [0.4, 0.5) is 0 Å². The third-order valence-electron chi connectivity index (χ3n) is 2.57. The summed E-state index contributed by atoms with van der Waals surface area (Å²) in [5.74, 6) is 1.80. The third kappa shape index (κ3) is 5.59. The fourth-order valence-corrected chi connectivity index (χ4v) is 1.89. The molecule has 0 bridgehead atoms. The largest absolute Gasteiger partial charge is 0.309 e. The first-order valence-corrected chi connectivity index (χ1v) is 5.24. The van der Waals surface area contributed by atoms with E-state index in [4.69, 9.17) is 0 Å². The predicted octanol–water partition coefficient (Wildman–Crippen LogP) is 3.01. The minimum absolute atomic E-state index is 0.852. The summed E-state index contributed by atoms with van der Waals surface area (Å²) in [5, 5.41) is 0. The fraction of sp³-hybridized carbons (Fsp3) is 1.00. The number of nitrogens with zero attached hydrogens (tertiary/aromatic N) is 1. The summed E-state index contributed by atoms with van der Waals surface area (Å²) in [6.45, 7) is 8.20. The van der Waals surface area contributed by atoms with Gasteiger partial charge in [0.25, 0.3) is 0 Å². The van der Waals surface area contributed by atoms with Crippen LogP contribution in [-0.2, 0) is 0 Å². The van der Waals surface area contributed by atoms with Crippen LogP contribution in [0.1, 0.15) is 40.0 Å². The van der Waals surface area contributed by atoms with Crippen molar-refractivity contribution in [2.75, 3.05) is 20.6 Å². The van der Waals surface area contributed by atoms with Gasteiger partial charge in [0.15, 0.2) is 0 Å². The molecule has 0 spiro atoms. The zero-order valence-electron chi connectivity index (χ0n) is 9.43. The summed E-state index contributed by atoms with van der Waals surface area (Å²) in [6.07, 6.45) is 4.08. The van der Waals surface area contributed by atoms with Gasteiger partial charge in [0, 0.05) is 6.54 Å². The van der Waals surface area contributed by atoms with Crippen LogP contribution in [0.3, 0.4) is 0 Å². The third-order valence-corrected chi connectivity index (χ3v) is 2.57. The molecule has 1 nitrogen and oxygen atoms in total. The molecule has 0 aromatic heterocycles. The summed E-state index contributed by atoms with van der Waals surface area (Å²) in [5.41, 5.74) is 0. The van der Waals surface area contributed by atoms with Crippen LogP contribution in [0.5, 0.6) is 0 Å². The highest BCUT2D eigenvalue weighted by Gasteiger charge is 2.09. The van der Waals surface area contributed by atoms with Crippen LogP contribution in [0.2, 0.25) is 0 Å². The Balaban J connectivity index is 3.58. The minimum Gasteiger partial charge on any atom is -0.309 e. The van der Waals surface area contributed by atoms with E-state index in [9.17, 15) is 0 Å². The molecule has 1 unspecified atom stereocenters. The van der Waals surface area contributed by atoms with Crippen molar-refractivity contribution in [3.63, 3.8) is 0 Å². The maximum atomic E-state index is 2.36. The van der Waals surface area contributed by atoms with Gasteiger partial charge in [-0.2, -0.15) is 0 Å². The molecular formula is C11H25N. The first-order valence-electron chi connectivity index (χ1n) is 5.24. The Hall–Kier alpha value is -0.0400. The smallest absolute Gasteiger partial charge is 0.000102 e. The van der Waals surface area contributed by atoms with Crippen molar-refractivity contribution in [3.8, 4) is 0 Å². The monoisotopic (exact) mass is 171 g/mol. The number of hydrogen-bond donors (Lipinski definition) is 0. The van der Waals surface area contributed by atoms with Gasteiger partial charge in [-0.15, -0.1) is 0 Å². The lowest BCUT2D eigenvalue weighted by Gasteiger charge is -2.21. The maximum Gasteiger partial charge on any atom is 0.000102 e. The van der Waals surface area contributed by atoms with Crippen LogP contribution < -0.4 is 0 Å². The Morgan fingerprint density at radius 3 is 1.92 bits per heavy atom. The van der Waals surface area contributed by atoms with Crippen molar-refractivity contribution >= 4 is 0 Å². The summed E-state index contributed by atoms with van der Waals surface area (Å²) >= 11 is 0. The average molecular weight is 171 g/mol. The Kier molecular flexibility index (Phi) is 6.45. The Morgan fingerprint density at radius 2 is 1.58 bits per heavy atom. The summed E-state index contributed by atoms with van der Waals surface area (Å²) in [4.78, 5) is 2.28. The van der Waals surface area contributed by atoms with Crippen molar-refractivity contribution in [1.29, 1.82) is 0 Å². The van der Waals surface area contributed by atoms with Gasteiger partial charge in [-0.1, -0.05) is 33.6 Å². The molecule has 0 N–H and O–H groups in total. The molecule has 0 saturated heterocycles. The summed E-state index contributed by atoms with van der Waals surface area (Å²) in [6, 6.07) is 0. The van der Waals surface area contributed by atoms with Crippen molar-refractivity contribution in [2.24, 2.45) is 11.8 Å². The van der Waals surface area contributed by atoms with Gasteiger partial charge in [-0.3, -0.25) is 0 Å². The Bertz CT molecular complexity index is 95.2. The first-order chi connectivity index (χ1) is 5.60. The van der Waals surface area contributed by atoms with Gasteiger partial charge in [-0.25, -0.2) is 0 Å². The molecule has 0 radical (unpaired) electrons. The normalized spacial score (nSPS) is 14.2. The van der Waals surface area contributed by atoms with Crippen molar-refractivity contribution in [3.05, 3.63) is 0 Å². The molecule has 0 amide bonds. The van der Waals surface area contributed by atoms with E-state index in [1.165, 1.54) is 25.8 Å². The Morgan fingerprint density at radius 1 is 1.08 bits per heavy atom.